The molecular weight excluding hydrogens is 413 g/mol. The lowest BCUT2D eigenvalue weighted by Gasteiger charge is -2.17. The van der Waals surface area contributed by atoms with E-state index in [0.717, 1.165) is 11.5 Å². The smallest absolute Gasteiger partial charge is 0.433 e. The van der Waals surface area contributed by atoms with Crippen LogP contribution < -0.4 is 5.32 Å². The van der Waals surface area contributed by atoms with Gasteiger partial charge in [0.25, 0.3) is 0 Å². The van der Waals surface area contributed by atoms with Crippen molar-refractivity contribution in [3.05, 3.63) is 53.5 Å². The van der Waals surface area contributed by atoms with Gasteiger partial charge in [0.15, 0.2) is 0 Å². The number of ether oxygens (including phenoxy) is 1. The van der Waals surface area contributed by atoms with Gasteiger partial charge in [-0.2, -0.15) is 18.3 Å². The number of aromatic nitrogens is 3. The highest BCUT2D eigenvalue weighted by Gasteiger charge is 2.32. The number of methoxy groups -OCH3 is 1. The highest BCUT2D eigenvalue weighted by Crippen LogP contribution is 2.28. The van der Waals surface area contributed by atoms with E-state index in [1.807, 2.05) is 0 Å². The molecule has 2 N–H and O–H groups in total. The van der Waals surface area contributed by atoms with Gasteiger partial charge >= 0.3 is 12.1 Å². The Morgan fingerprint density at radius 1 is 1.26 bits per heavy atom. The van der Waals surface area contributed by atoms with Crippen molar-refractivity contribution in [2.24, 2.45) is 0 Å². The molecule has 0 aliphatic heterocycles. The zero-order valence-electron chi connectivity index (χ0n) is 17.3. The second-order valence-electron chi connectivity index (χ2n) is 7.74. The second-order valence-corrected chi connectivity index (χ2v) is 7.74. The molecule has 0 saturated heterocycles. The van der Waals surface area contributed by atoms with Crippen LogP contribution in [0, 0.1) is 0 Å². The Labute approximate surface area is 176 Å². The summed E-state index contributed by atoms with van der Waals surface area (Å²) < 4.78 is 45.2. The number of carbonyl (C=O) groups is 1. The number of rotatable bonds is 7. The minimum absolute atomic E-state index is 0.0216. The van der Waals surface area contributed by atoms with E-state index in [1.54, 1.807) is 36.9 Å². The number of nitrogens with zero attached hydrogens (tertiary/aromatic N) is 3. The largest absolute Gasteiger partial charge is 0.465 e. The summed E-state index contributed by atoms with van der Waals surface area (Å²) in [5.41, 5.74) is -0.404. The number of nitrogens with one attached hydrogen (secondary N) is 1. The molecule has 1 aromatic carbocycles. The van der Waals surface area contributed by atoms with Crippen LogP contribution >= 0.6 is 0 Å². The molecule has 0 amide bonds. The van der Waals surface area contributed by atoms with E-state index in [2.05, 4.69) is 15.4 Å². The number of aliphatic hydroxyl groups is 1. The van der Waals surface area contributed by atoms with E-state index in [1.165, 1.54) is 19.2 Å². The summed E-state index contributed by atoms with van der Waals surface area (Å²) in [5.74, 6) is -0.600. The number of alkyl halides is 3. The number of benzene rings is 1. The lowest BCUT2D eigenvalue weighted by molar-refractivity contribution is -0.141. The van der Waals surface area contributed by atoms with Crippen LogP contribution in [0.1, 0.15) is 42.0 Å². The summed E-state index contributed by atoms with van der Waals surface area (Å²) in [6, 6.07) is 6.94. The van der Waals surface area contributed by atoms with Gasteiger partial charge in [0.2, 0.25) is 0 Å². The van der Waals surface area contributed by atoms with Crippen molar-refractivity contribution in [2.45, 2.75) is 45.1 Å². The van der Waals surface area contributed by atoms with Gasteiger partial charge < -0.3 is 15.2 Å². The van der Waals surface area contributed by atoms with Crippen LogP contribution in [-0.2, 0) is 24.0 Å². The Hall–Kier alpha value is -3.14. The number of anilines is 1. The summed E-state index contributed by atoms with van der Waals surface area (Å²) >= 11 is 0. The first-order valence-corrected chi connectivity index (χ1v) is 9.55. The Kier molecular flexibility index (Phi) is 6.21. The zero-order chi connectivity index (χ0) is 22.8. The molecule has 166 valence electrons. The monoisotopic (exact) mass is 436 g/mol. The molecule has 0 radical (unpaired) electrons. The van der Waals surface area contributed by atoms with E-state index in [9.17, 15) is 23.1 Å². The van der Waals surface area contributed by atoms with Crippen LogP contribution in [0.3, 0.4) is 0 Å². The van der Waals surface area contributed by atoms with Gasteiger partial charge in [0.05, 0.1) is 42.2 Å². The molecule has 0 unspecified atom stereocenters. The molecule has 0 spiro atoms. The Bertz CT molecular complexity index is 1090. The fourth-order valence-corrected chi connectivity index (χ4v) is 3.03. The molecule has 31 heavy (non-hydrogen) atoms. The molecule has 0 aliphatic rings. The van der Waals surface area contributed by atoms with Crippen molar-refractivity contribution >= 4 is 22.6 Å². The van der Waals surface area contributed by atoms with Gasteiger partial charge in [-0.3, -0.25) is 4.68 Å². The Morgan fingerprint density at radius 3 is 2.65 bits per heavy atom. The fourth-order valence-electron chi connectivity index (χ4n) is 3.03. The molecule has 7 nitrogen and oxygen atoms in total. The van der Waals surface area contributed by atoms with Crippen molar-refractivity contribution in [1.82, 2.24) is 14.8 Å². The number of carbonyl (C=O) groups excluding carboxylic acids is 1. The van der Waals surface area contributed by atoms with Gasteiger partial charge in [-0.25, -0.2) is 9.78 Å². The number of hydrogen-bond acceptors (Lipinski definition) is 6. The standard InChI is InChI=1S/C21H23F3N4O3/c1-20(2,30)7-8-28-17-10-15(19(29)31-3)16(9-13(17)11-26-28)25-12-14-5-4-6-18(27-14)21(22,23)24/h4-6,9-11,25,30H,7-8,12H2,1-3H3. The molecule has 0 aliphatic carbocycles. The third-order valence-corrected chi connectivity index (χ3v) is 4.68. The Balaban J connectivity index is 1.90. The number of aryl methyl sites for hydroxylation is 1. The van der Waals surface area contributed by atoms with Gasteiger partial charge in [0, 0.05) is 17.6 Å². The van der Waals surface area contributed by atoms with Gasteiger partial charge in [-0.1, -0.05) is 6.07 Å². The maximum absolute atomic E-state index is 12.9. The van der Waals surface area contributed by atoms with Crippen molar-refractivity contribution in [3.8, 4) is 0 Å². The van der Waals surface area contributed by atoms with Crippen LogP contribution in [0.5, 0.6) is 0 Å². The van der Waals surface area contributed by atoms with Crippen molar-refractivity contribution in [2.75, 3.05) is 12.4 Å². The number of fused-ring (bicyclic) bond motifs is 1. The molecule has 3 rings (SSSR count). The normalized spacial score (nSPS) is 12.2. The molecule has 10 heteroatoms. The predicted octanol–water partition coefficient (Wildman–Crippen LogP) is 4.01. The topological polar surface area (TPSA) is 89.3 Å². The fraction of sp³-hybridized carbons (Fsp3) is 0.381. The van der Waals surface area contributed by atoms with Crippen LogP contribution in [0.25, 0.3) is 10.9 Å². The molecule has 3 aromatic rings. The average Bonchev–Trinajstić information content (AvgIpc) is 3.10. The van der Waals surface area contributed by atoms with E-state index >= 15 is 0 Å². The molecule has 0 bridgehead atoms. The second kappa shape index (κ2) is 8.54. The van der Waals surface area contributed by atoms with E-state index in [4.69, 9.17) is 4.74 Å². The summed E-state index contributed by atoms with van der Waals surface area (Å²) in [6.07, 6.45) is -2.46. The maximum Gasteiger partial charge on any atom is 0.433 e. The van der Waals surface area contributed by atoms with Crippen molar-refractivity contribution in [1.29, 1.82) is 0 Å². The number of pyridine rings is 1. The summed E-state index contributed by atoms with van der Waals surface area (Å²) in [4.78, 5) is 16.0. The molecule has 2 aromatic heterocycles. The zero-order valence-corrected chi connectivity index (χ0v) is 17.3. The quantitative estimate of drug-likeness (QED) is 0.544. The first-order valence-electron chi connectivity index (χ1n) is 9.55. The minimum Gasteiger partial charge on any atom is -0.465 e. The summed E-state index contributed by atoms with van der Waals surface area (Å²) in [5, 5.41) is 18.0. The number of halogens is 3. The van der Waals surface area contributed by atoms with Gasteiger partial charge in [0.1, 0.15) is 5.69 Å². The molecular formula is C21H23F3N4O3. The Morgan fingerprint density at radius 2 is 2.00 bits per heavy atom. The average molecular weight is 436 g/mol. The van der Waals surface area contributed by atoms with Crippen molar-refractivity contribution in [3.63, 3.8) is 0 Å². The van der Waals surface area contributed by atoms with Gasteiger partial charge in [-0.15, -0.1) is 0 Å². The van der Waals surface area contributed by atoms with E-state index in [0.29, 0.717) is 24.2 Å². The van der Waals surface area contributed by atoms with E-state index in [-0.39, 0.29) is 17.8 Å². The van der Waals surface area contributed by atoms with E-state index < -0.39 is 23.4 Å². The lowest BCUT2D eigenvalue weighted by atomic mass is 10.1. The molecule has 0 saturated carbocycles. The first kappa shape index (κ1) is 22.5. The third kappa shape index (κ3) is 5.52. The SMILES string of the molecule is COC(=O)c1cc2c(cnn2CCC(C)(C)O)cc1NCc1cccc(C(F)(F)F)n1. The predicted molar refractivity (Wildman–Crippen MR) is 109 cm³/mol. The first-order chi connectivity index (χ1) is 14.5. The molecule has 2 heterocycles. The van der Waals surface area contributed by atoms with Crippen molar-refractivity contribution < 1.29 is 27.8 Å². The van der Waals surface area contributed by atoms with Crippen LogP contribution in [0.15, 0.2) is 36.5 Å². The third-order valence-electron chi connectivity index (χ3n) is 4.68. The maximum atomic E-state index is 12.9. The van der Waals surface area contributed by atoms with Crippen LogP contribution in [0.2, 0.25) is 0 Å². The van der Waals surface area contributed by atoms with Crippen LogP contribution in [0.4, 0.5) is 18.9 Å². The lowest BCUT2D eigenvalue weighted by Crippen LogP contribution is -2.21. The summed E-state index contributed by atoms with van der Waals surface area (Å²) in [7, 11) is 1.25. The van der Waals surface area contributed by atoms with Gasteiger partial charge in [-0.05, 0) is 44.5 Å². The molecule has 0 fully saturated rings. The summed E-state index contributed by atoms with van der Waals surface area (Å²) in [6.45, 7) is 3.81. The number of esters is 1. The highest BCUT2D eigenvalue weighted by molar-refractivity contribution is 6.00. The minimum atomic E-state index is -4.54. The highest BCUT2D eigenvalue weighted by atomic mass is 19.4. The number of hydrogen-bond donors (Lipinski definition) is 2. The molecule has 0 atom stereocenters. The van der Waals surface area contributed by atoms with Crippen LogP contribution in [-0.4, -0.2) is 38.6 Å².